The maximum atomic E-state index is 11.8. The number of carbonyl (C=O) groups is 1. The van der Waals surface area contributed by atoms with E-state index in [2.05, 4.69) is 11.0 Å². The molecule has 0 N–H and O–H groups in total. The van der Waals surface area contributed by atoms with E-state index in [1.165, 1.54) is 0 Å². The molecule has 1 unspecified atom stereocenters. The quantitative estimate of drug-likeness (QED) is 0.654. The Labute approximate surface area is 103 Å². The van der Waals surface area contributed by atoms with Gasteiger partial charge in [-0.05, 0) is 13.8 Å². The largest absolute Gasteiger partial charge is 0.381 e. The summed E-state index contributed by atoms with van der Waals surface area (Å²) in [5.41, 5.74) is 0. The molecule has 1 rings (SSSR count). The molecule has 5 heteroatoms. The molecule has 17 heavy (non-hydrogen) atoms. The van der Waals surface area contributed by atoms with Crippen molar-refractivity contribution in [2.24, 2.45) is 0 Å². The lowest BCUT2D eigenvalue weighted by molar-refractivity contribution is -0.134. The van der Waals surface area contributed by atoms with Gasteiger partial charge in [-0.15, -0.1) is 0 Å². The second-order valence-electron chi connectivity index (χ2n) is 4.17. The maximum absolute atomic E-state index is 11.8. The first-order valence-electron chi connectivity index (χ1n) is 6.18. The number of amides is 1. The van der Waals surface area contributed by atoms with Gasteiger partial charge in [-0.3, -0.25) is 9.69 Å². The molecule has 1 saturated heterocycles. The predicted octanol–water partition coefficient (Wildman–Crippen LogP) is 0.469. The third kappa shape index (κ3) is 4.33. The van der Waals surface area contributed by atoms with Crippen LogP contribution in [0.4, 0.5) is 0 Å². The van der Waals surface area contributed by atoms with Crippen LogP contribution in [0.3, 0.4) is 0 Å². The lowest BCUT2D eigenvalue weighted by atomic mass is 10.2. The zero-order valence-electron chi connectivity index (χ0n) is 10.7. The van der Waals surface area contributed by atoms with Gasteiger partial charge in [0.05, 0.1) is 25.1 Å². The third-order valence-corrected chi connectivity index (χ3v) is 3.07. The van der Waals surface area contributed by atoms with Crippen LogP contribution < -0.4 is 0 Å². The smallest absolute Gasteiger partial charge is 0.224 e. The van der Waals surface area contributed by atoms with Gasteiger partial charge in [-0.25, -0.2) is 0 Å². The summed E-state index contributed by atoms with van der Waals surface area (Å²) in [6.45, 7) is 7.99. The normalized spacial score (nSPS) is 18.8. The molecule has 1 aliphatic rings. The van der Waals surface area contributed by atoms with Crippen LogP contribution in [-0.4, -0.2) is 61.1 Å². The number of carbonyl (C=O) groups excluding carboxylic acids is 1. The van der Waals surface area contributed by atoms with Crippen molar-refractivity contribution in [1.29, 1.82) is 5.26 Å². The van der Waals surface area contributed by atoms with E-state index in [-0.39, 0.29) is 11.9 Å². The van der Waals surface area contributed by atoms with Gasteiger partial charge >= 0.3 is 0 Å². The van der Waals surface area contributed by atoms with Crippen molar-refractivity contribution in [2.75, 3.05) is 39.4 Å². The van der Waals surface area contributed by atoms with E-state index in [1.54, 1.807) is 0 Å². The zero-order chi connectivity index (χ0) is 12.7. The fraction of sp³-hybridized carbons (Fsp3) is 0.833. The second-order valence-corrected chi connectivity index (χ2v) is 4.17. The van der Waals surface area contributed by atoms with Gasteiger partial charge < -0.3 is 9.64 Å². The number of hydrogen-bond donors (Lipinski definition) is 0. The lowest BCUT2D eigenvalue weighted by Gasteiger charge is -2.35. The first-order chi connectivity index (χ1) is 8.19. The standard InChI is InChI=1S/C12H21N3O2/c1-3-17-9-4-12(16)15-7-5-14(6-8-15)11(2)10-13/h11H,3-9H2,1-2H3. The summed E-state index contributed by atoms with van der Waals surface area (Å²) in [7, 11) is 0. The Morgan fingerprint density at radius 2 is 2.06 bits per heavy atom. The topological polar surface area (TPSA) is 56.6 Å². The molecule has 96 valence electrons. The van der Waals surface area contributed by atoms with Crippen molar-refractivity contribution in [3.8, 4) is 6.07 Å². The summed E-state index contributed by atoms with van der Waals surface area (Å²) < 4.78 is 5.17. The number of piperazine rings is 1. The van der Waals surface area contributed by atoms with Crippen LogP contribution in [0.1, 0.15) is 20.3 Å². The van der Waals surface area contributed by atoms with Gasteiger partial charge in [0.2, 0.25) is 5.91 Å². The molecule has 1 atom stereocenters. The lowest BCUT2D eigenvalue weighted by Crippen LogP contribution is -2.51. The molecule has 0 aromatic carbocycles. The highest BCUT2D eigenvalue weighted by Crippen LogP contribution is 2.07. The Morgan fingerprint density at radius 3 is 2.59 bits per heavy atom. The summed E-state index contributed by atoms with van der Waals surface area (Å²) in [4.78, 5) is 15.7. The molecule has 1 heterocycles. The number of hydrogen-bond acceptors (Lipinski definition) is 4. The van der Waals surface area contributed by atoms with Crippen LogP contribution in [0.15, 0.2) is 0 Å². The molecule has 0 saturated carbocycles. The van der Waals surface area contributed by atoms with E-state index in [4.69, 9.17) is 10.00 Å². The Kier molecular flexibility index (Phi) is 5.95. The SMILES string of the molecule is CCOCCC(=O)N1CCN(C(C)C#N)CC1. The van der Waals surface area contributed by atoms with Gasteiger partial charge in [0, 0.05) is 32.8 Å². The molecule has 0 aromatic heterocycles. The van der Waals surface area contributed by atoms with Crippen molar-refractivity contribution in [3.05, 3.63) is 0 Å². The number of rotatable bonds is 5. The highest BCUT2D eigenvalue weighted by molar-refractivity contribution is 5.76. The zero-order valence-corrected chi connectivity index (χ0v) is 10.7. The molecule has 5 nitrogen and oxygen atoms in total. The monoisotopic (exact) mass is 239 g/mol. The molecule has 0 bridgehead atoms. The predicted molar refractivity (Wildman–Crippen MR) is 64.3 cm³/mol. The maximum Gasteiger partial charge on any atom is 0.224 e. The van der Waals surface area contributed by atoms with E-state index < -0.39 is 0 Å². The van der Waals surface area contributed by atoms with Gasteiger partial charge in [0.25, 0.3) is 0 Å². The van der Waals surface area contributed by atoms with E-state index in [9.17, 15) is 4.79 Å². The van der Waals surface area contributed by atoms with Crippen molar-refractivity contribution >= 4 is 5.91 Å². The average Bonchev–Trinajstić information content (AvgIpc) is 2.38. The van der Waals surface area contributed by atoms with Gasteiger partial charge in [-0.1, -0.05) is 0 Å². The van der Waals surface area contributed by atoms with Gasteiger partial charge in [-0.2, -0.15) is 5.26 Å². The van der Waals surface area contributed by atoms with Crippen molar-refractivity contribution < 1.29 is 9.53 Å². The Balaban J connectivity index is 2.27. The van der Waals surface area contributed by atoms with Crippen molar-refractivity contribution in [2.45, 2.75) is 26.3 Å². The van der Waals surface area contributed by atoms with Crippen LogP contribution in [-0.2, 0) is 9.53 Å². The second kappa shape index (κ2) is 7.25. The van der Waals surface area contributed by atoms with Crippen LogP contribution in [0.25, 0.3) is 0 Å². The highest BCUT2D eigenvalue weighted by atomic mass is 16.5. The summed E-state index contributed by atoms with van der Waals surface area (Å²) in [6.07, 6.45) is 0.460. The first-order valence-corrected chi connectivity index (χ1v) is 6.18. The molecule has 1 amide bonds. The van der Waals surface area contributed by atoms with Crippen LogP contribution in [0.2, 0.25) is 0 Å². The summed E-state index contributed by atoms with van der Waals surface area (Å²) in [5, 5.41) is 8.82. The van der Waals surface area contributed by atoms with Crippen molar-refractivity contribution in [1.82, 2.24) is 9.80 Å². The fourth-order valence-electron chi connectivity index (χ4n) is 1.90. The fourth-order valence-corrected chi connectivity index (χ4v) is 1.90. The minimum absolute atomic E-state index is 0.0596. The number of nitriles is 1. The van der Waals surface area contributed by atoms with E-state index in [0.29, 0.717) is 19.6 Å². The van der Waals surface area contributed by atoms with Crippen LogP contribution in [0.5, 0.6) is 0 Å². The van der Waals surface area contributed by atoms with Crippen molar-refractivity contribution in [3.63, 3.8) is 0 Å². The molecular formula is C12H21N3O2. The molecule has 0 aliphatic carbocycles. The Hall–Kier alpha value is -1.12. The van der Waals surface area contributed by atoms with Gasteiger partial charge in [0.1, 0.15) is 0 Å². The average molecular weight is 239 g/mol. The highest BCUT2D eigenvalue weighted by Gasteiger charge is 2.23. The molecule has 1 aliphatic heterocycles. The number of ether oxygens (including phenoxy) is 1. The Morgan fingerprint density at radius 1 is 1.41 bits per heavy atom. The minimum atomic E-state index is -0.0596. The summed E-state index contributed by atoms with van der Waals surface area (Å²) in [5.74, 6) is 0.155. The van der Waals surface area contributed by atoms with E-state index >= 15 is 0 Å². The van der Waals surface area contributed by atoms with Crippen LogP contribution in [0, 0.1) is 11.3 Å². The van der Waals surface area contributed by atoms with E-state index in [1.807, 2.05) is 18.7 Å². The Bertz CT molecular complexity index is 280. The minimum Gasteiger partial charge on any atom is -0.381 e. The van der Waals surface area contributed by atoms with Gasteiger partial charge in [0.15, 0.2) is 0 Å². The molecule has 0 spiro atoms. The molecular weight excluding hydrogens is 218 g/mol. The molecule has 0 radical (unpaired) electrons. The number of nitrogens with zero attached hydrogens (tertiary/aromatic N) is 3. The van der Waals surface area contributed by atoms with Crippen LogP contribution >= 0.6 is 0 Å². The summed E-state index contributed by atoms with van der Waals surface area (Å²) in [6, 6.07) is 2.16. The van der Waals surface area contributed by atoms with E-state index in [0.717, 1.165) is 26.2 Å². The first kappa shape index (κ1) is 13.9. The third-order valence-electron chi connectivity index (χ3n) is 3.07. The molecule has 0 aromatic rings. The molecule has 1 fully saturated rings. The summed E-state index contributed by atoms with van der Waals surface area (Å²) >= 11 is 0.